The molecule has 0 radical (unpaired) electrons. The van der Waals surface area contributed by atoms with Crippen molar-refractivity contribution in [2.75, 3.05) is 65.4 Å². The van der Waals surface area contributed by atoms with E-state index in [-0.39, 0.29) is 48.9 Å². The van der Waals surface area contributed by atoms with Gasteiger partial charge in [0.1, 0.15) is 17.3 Å². The number of hydrogen-bond acceptors (Lipinski definition) is 10. The molecule has 2 N–H and O–H groups in total. The van der Waals surface area contributed by atoms with E-state index < -0.39 is 59.2 Å². The summed E-state index contributed by atoms with van der Waals surface area (Å²) < 4.78 is 76.5. The molecule has 0 saturated carbocycles. The number of nitrogens with zero attached hydrogens (tertiary/aromatic N) is 2. The van der Waals surface area contributed by atoms with Gasteiger partial charge >= 0.3 is 6.18 Å². The average Bonchev–Trinajstić information content (AvgIpc) is 4.08. The number of amides is 4. The summed E-state index contributed by atoms with van der Waals surface area (Å²) in [5.74, 6) is -3.02. The van der Waals surface area contributed by atoms with E-state index in [2.05, 4.69) is 10.6 Å². The number of hydrogen-bond donors (Lipinski definition) is 2. The number of carbonyl (C=O) groups is 4. The van der Waals surface area contributed by atoms with Crippen LogP contribution in [0.25, 0.3) is 0 Å². The number of aryl methyl sites for hydroxylation is 1. The zero-order valence-electron chi connectivity index (χ0n) is 37.6. The molecule has 0 bridgehead atoms. The summed E-state index contributed by atoms with van der Waals surface area (Å²) >= 11 is 2.83. The van der Waals surface area contributed by atoms with E-state index in [1.54, 1.807) is 92.8 Å². The monoisotopic (exact) mass is 972 g/mol. The van der Waals surface area contributed by atoms with Crippen LogP contribution in [0, 0.1) is 12.7 Å². The van der Waals surface area contributed by atoms with E-state index >= 15 is 4.39 Å². The minimum atomic E-state index is -4.63. The van der Waals surface area contributed by atoms with E-state index in [1.807, 2.05) is 29.0 Å². The maximum Gasteiger partial charge on any atom is 0.416 e. The fourth-order valence-corrected chi connectivity index (χ4v) is 10.2. The third kappa shape index (κ3) is 10.4. The van der Waals surface area contributed by atoms with Crippen molar-refractivity contribution in [1.82, 2.24) is 9.80 Å². The van der Waals surface area contributed by atoms with E-state index in [9.17, 15) is 32.3 Å². The second-order valence-electron chi connectivity index (χ2n) is 15.8. The maximum atomic E-state index is 15.2. The highest BCUT2D eigenvalue weighted by Gasteiger charge is 2.47. The van der Waals surface area contributed by atoms with Gasteiger partial charge in [0, 0.05) is 66.1 Å². The van der Waals surface area contributed by atoms with Gasteiger partial charge in [-0.25, -0.2) is 4.39 Å². The van der Waals surface area contributed by atoms with Gasteiger partial charge in [0.2, 0.25) is 11.8 Å². The standard InChI is InChI=1S/C25H23F3N2O4S.C25H25FN2O4S/c1-33-11-10-30-22(20-7-4-12-35-20)21(23(31)29-16-5-3-6-17(14-16)34-2)18-9-8-15(25(26,27)28)13-19(18)24(30)32;1-15-9-10-18-20(22(15)26)25(30)28(11-12-31-2)23(19-8-5-13-33-19)21(18)24(29)27-16-6-4-7-17(14-16)32-3/h3-9,12-14,21-22H,10-11H2,1-2H3,(H,29,31);4-10,13-14,21,23H,11-12H2,1-3H3,(H,27,29). The van der Waals surface area contributed by atoms with Crippen LogP contribution < -0.4 is 20.1 Å². The number of halogens is 4. The van der Waals surface area contributed by atoms with E-state index in [1.165, 1.54) is 47.9 Å². The van der Waals surface area contributed by atoms with Crippen LogP contribution >= 0.6 is 22.7 Å². The van der Waals surface area contributed by atoms with Gasteiger partial charge in [-0.15, -0.1) is 22.7 Å². The second-order valence-corrected chi connectivity index (χ2v) is 17.7. The fraction of sp³-hybridized carbons (Fsp3) is 0.280. The summed E-state index contributed by atoms with van der Waals surface area (Å²) in [4.78, 5) is 59.0. The Morgan fingerprint density at radius 1 is 0.647 bits per heavy atom. The van der Waals surface area contributed by atoms with E-state index in [0.717, 1.165) is 21.9 Å². The highest BCUT2D eigenvalue weighted by Crippen LogP contribution is 2.47. The number of methoxy groups -OCH3 is 4. The molecule has 0 saturated heterocycles. The van der Waals surface area contributed by atoms with Crippen LogP contribution in [0.3, 0.4) is 0 Å². The molecule has 12 nitrogen and oxygen atoms in total. The Hall–Kier alpha value is -6.60. The molecule has 8 rings (SSSR count). The van der Waals surface area contributed by atoms with Crippen LogP contribution in [0.2, 0.25) is 0 Å². The maximum absolute atomic E-state index is 15.2. The molecule has 4 atom stereocenters. The molecule has 356 valence electrons. The van der Waals surface area contributed by atoms with E-state index in [4.69, 9.17) is 18.9 Å². The predicted molar refractivity (Wildman–Crippen MR) is 251 cm³/mol. The summed E-state index contributed by atoms with van der Waals surface area (Å²) in [6.45, 7) is 2.37. The molecule has 2 aromatic heterocycles. The lowest BCUT2D eigenvalue weighted by Crippen LogP contribution is -2.47. The van der Waals surface area contributed by atoms with Crippen LogP contribution in [0.4, 0.5) is 28.9 Å². The number of ether oxygens (including phenoxy) is 4. The van der Waals surface area contributed by atoms with Crippen molar-refractivity contribution in [2.45, 2.75) is 37.0 Å². The molecule has 0 fully saturated rings. The Balaban J connectivity index is 0.000000202. The number of benzene rings is 4. The summed E-state index contributed by atoms with van der Waals surface area (Å²) in [5.41, 5.74) is 0.866. The first-order chi connectivity index (χ1) is 32.7. The Morgan fingerprint density at radius 3 is 1.62 bits per heavy atom. The summed E-state index contributed by atoms with van der Waals surface area (Å²) in [6, 6.07) is 26.1. The summed E-state index contributed by atoms with van der Waals surface area (Å²) in [6.07, 6.45) is -4.63. The Morgan fingerprint density at radius 2 is 1.15 bits per heavy atom. The normalized spacial score (nSPS) is 17.7. The topological polar surface area (TPSA) is 136 Å². The molecule has 4 amide bonds. The van der Waals surface area contributed by atoms with Gasteiger partial charge in [0.15, 0.2) is 0 Å². The summed E-state index contributed by atoms with van der Waals surface area (Å²) in [7, 11) is 6.07. The molecule has 4 aromatic carbocycles. The quantitative estimate of drug-likeness (QED) is 0.103. The molecular formula is C50H48F4N4O8S2. The number of rotatable bonds is 14. The smallest absolute Gasteiger partial charge is 0.416 e. The molecule has 0 aliphatic carbocycles. The van der Waals surface area contributed by atoms with Crippen LogP contribution in [0.15, 0.2) is 114 Å². The number of thiophene rings is 2. The Kier molecular flexibility index (Phi) is 15.6. The first-order valence-corrected chi connectivity index (χ1v) is 23.0. The van der Waals surface area contributed by atoms with Crippen molar-refractivity contribution in [3.05, 3.63) is 163 Å². The number of alkyl halides is 3. The highest BCUT2D eigenvalue weighted by molar-refractivity contribution is 7.10. The molecule has 4 heterocycles. The van der Waals surface area contributed by atoms with E-state index in [0.29, 0.717) is 34.0 Å². The zero-order valence-corrected chi connectivity index (χ0v) is 39.2. The highest BCUT2D eigenvalue weighted by atomic mass is 32.1. The van der Waals surface area contributed by atoms with Crippen molar-refractivity contribution in [3.63, 3.8) is 0 Å². The second kappa shape index (κ2) is 21.6. The molecule has 0 spiro atoms. The van der Waals surface area contributed by atoms with Gasteiger partial charge in [-0.2, -0.15) is 13.2 Å². The number of fused-ring (bicyclic) bond motifs is 2. The first-order valence-electron chi connectivity index (χ1n) is 21.3. The molecule has 4 unspecified atom stereocenters. The van der Waals surface area contributed by atoms with Crippen molar-refractivity contribution in [2.24, 2.45) is 0 Å². The number of anilines is 2. The molecule has 18 heteroatoms. The number of nitrogens with one attached hydrogen (secondary N) is 2. The largest absolute Gasteiger partial charge is 0.497 e. The summed E-state index contributed by atoms with van der Waals surface area (Å²) in [5, 5.41) is 9.51. The lowest BCUT2D eigenvalue weighted by molar-refractivity contribution is -0.137. The third-order valence-electron chi connectivity index (χ3n) is 11.7. The fourth-order valence-electron chi connectivity index (χ4n) is 8.44. The minimum Gasteiger partial charge on any atom is -0.497 e. The third-order valence-corrected chi connectivity index (χ3v) is 13.6. The zero-order chi connectivity index (χ0) is 48.7. The minimum absolute atomic E-state index is 0.0512. The van der Waals surface area contributed by atoms with Gasteiger partial charge in [-0.1, -0.05) is 42.5 Å². The predicted octanol–water partition coefficient (Wildman–Crippen LogP) is 10.1. The lowest BCUT2D eigenvalue weighted by atomic mass is 9.80. The van der Waals surface area contributed by atoms with Gasteiger partial charge < -0.3 is 39.4 Å². The molecular weight excluding hydrogens is 925 g/mol. The van der Waals surface area contributed by atoms with Gasteiger partial charge in [-0.3, -0.25) is 19.2 Å². The van der Waals surface area contributed by atoms with Crippen LogP contribution in [-0.2, 0) is 25.2 Å². The van der Waals surface area contributed by atoms with Gasteiger partial charge in [0.25, 0.3) is 11.8 Å². The lowest BCUT2D eigenvalue weighted by Gasteiger charge is -2.41. The molecule has 68 heavy (non-hydrogen) atoms. The SMILES string of the molecule is COCCN1C(=O)c2c(ccc(C)c2F)C(C(=O)Nc2cccc(OC)c2)C1c1cccs1.COCCN1C(=O)c2cc(C(F)(F)F)ccc2C(C(=O)Nc2cccc(OC)c2)C1c1cccs1. The van der Waals surface area contributed by atoms with Crippen molar-refractivity contribution >= 4 is 57.7 Å². The molecule has 2 aliphatic heterocycles. The Bertz CT molecular complexity index is 2750. The van der Waals surface area contributed by atoms with Crippen molar-refractivity contribution in [3.8, 4) is 11.5 Å². The molecule has 2 aliphatic rings. The van der Waals surface area contributed by atoms with Crippen LogP contribution in [0.1, 0.15) is 76.6 Å². The average molecular weight is 973 g/mol. The molecule has 6 aromatic rings. The van der Waals surface area contributed by atoms with Gasteiger partial charge in [-0.05, 0) is 82.9 Å². The van der Waals surface area contributed by atoms with Crippen molar-refractivity contribution < 1.29 is 55.7 Å². The van der Waals surface area contributed by atoms with Crippen LogP contribution in [0.5, 0.6) is 11.5 Å². The Labute approximate surface area is 398 Å². The van der Waals surface area contributed by atoms with Crippen LogP contribution in [-0.4, -0.2) is 88.2 Å². The first kappa shape index (κ1) is 49.3. The van der Waals surface area contributed by atoms with Crippen molar-refractivity contribution in [1.29, 1.82) is 0 Å². The number of carbonyl (C=O) groups excluding carboxylic acids is 4. The van der Waals surface area contributed by atoms with Gasteiger partial charge in [0.05, 0.1) is 62.5 Å².